The molecule has 60 valence electrons. The molecule has 0 saturated heterocycles. The molecule has 1 aromatic carbocycles. The van der Waals surface area contributed by atoms with Crippen LogP contribution in [0.3, 0.4) is 0 Å². The van der Waals surface area contributed by atoms with Gasteiger partial charge in [-0.2, -0.15) is 0 Å². The normalized spacial score (nSPS) is 10.2. The summed E-state index contributed by atoms with van der Waals surface area (Å²) in [6.07, 6.45) is 0. The molecule has 0 aliphatic heterocycles. The number of rotatable bonds is 0. The molecule has 0 bridgehead atoms. The maximum atomic E-state index is 2.21. The van der Waals surface area contributed by atoms with Gasteiger partial charge in [-0.25, -0.2) is 0 Å². The molecule has 0 radical (unpaired) electrons. The molecule has 0 aliphatic rings. The minimum atomic E-state index is 1.45. The van der Waals surface area contributed by atoms with Gasteiger partial charge in [0, 0.05) is 0 Å². The monoisotopic (exact) mass is 156 g/mol. The van der Waals surface area contributed by atoms with E-state index in [2.05, 4.69) is 44.3 Å². The van der Waals surface area contributed by atoms with Gasteiger partial charge in [-0.3, -0.25) is 0 Å². The zero-order chi connectivity index (χ0) is 9.46. The van der Waals surface area contributed by atoms with E-state index in [4.69, 9.17) is 0 Å². The maximum absolute atomic E-state index is 2.21. The van der Waals surface area contributed by atoms with Gasteiger partial charge in [0.05, 0.1) is 0 Å². The third-order valence-electron chi connectivity index (χ3n) is 3.38. The van der Waals surface area contributed by atoms with Crippen LogP contribution < -0.4 is 16.4 Å². The molecular formula is C9H15B3. The van der Waals surface area contributed by atoms with Gasteiger partial charge < -0.3 is 0 Å². The van der Waals surface area contributed by atoms with E-state index in [9.17, 15) is 0 Å². The average molecular weight is 156 g/mol. The predicted molar refractivity (Wildman–Crippen MR) is 65.2 cm³/mol. The smallest absolute Gasteiger partial charge is 0.101 e. The van der Waals surface area contributed by atoms with Crippen LogP contribution in [0.5, 0.6) is 0 Å². The van der Waals surface area contributed by atoms with Crippen molar-refractivity contribution in [1.29, 1.82) is 0 Å². The van der Waals surface area contributed by atoms with E-state index in [0.717, 1.165) is 0 Å². The third kappa shape index (κ3) is 1.22. The quantitative estimate of drug-likeness (QED) is 0.360. The minimum Gasteiger partial charge on any atom is -0.101 e. The Hall–Kier alpha value is -0.585. The van der Waals surface area contributed by atoms with E-state index in [1.165, 1.54) is 33.1 Å². The van der Waals surface area contributed by atoms with Crippen LogP contribution in [-0.4, -0.2) is 23.5 Å². The van der Waals surface area contributed by atoms with Crippen LogP contribution in [0.25, 0.3) is 0 Å². The molecule has 0 unspecified atom stereocenters. The Bertz CT molecular complexity index is 224. The van der Waals surface area contributed by atoms with Crippen LogP contribution in [0, 0.1) is 20.8 Å². The van der Waals surface area contributed by atoms with Crippen molar-refractivity contribution < 1.29 is 0 Å². The van der Waals surface area contributed by atoms with Crippen molar-refractivity contribution in [1.82, 2.24) is 0 Å². The van der Waals surface area contributed by atoms with Gasteiger partial charge in [0.1, 0.15) is 23.5 Å². The van der Waals surface area contributed by atoms with Crippen LogP contribution >= 0.6 is 0 Å². The lowest BCUT2D eigenvalue weighted by atomic mass is 9.67. The first-order chi connectivity index (χ1) is 5.46. The third-order valence-corrected chi connectivity index (χ3v) is 3.38. The van der Waals surface area contributed by atoms with Crippen LogP contribution in [-0.2, 0) is 0 Å². The van der Waals surface area contributed by atoms with Crippen molar-refractivity contribution >= 4 is 39.9 Å². The molecule has 0 atom stereocenters. The summed E-state index contributed by atoms with van der Waals surface area (Å²) in [5, 5.41) is 0. The molecule has 1 aromatic rings. The highest BCUT2D eigenvalue weighted by atomic mass is 14.1. The van der Waals surface area contributed by atoms with E-state index >= 15 is 0 Å². The molecule has 0 aromatic heterocycles. The molecule has 0 N–H and O–H groups in total. The van der Waals surface area contributed by atoms with Gasteiger partial charge in [-0.1, -0.05) is 22.1 Å². The van der Waals surface area contributed by atoms with Gasteiger partial charge in [0.25, 0.3) is 0 Å². The molecule has 0 heterocycles. The first kappa shape index (κ1) is 9.50. The van der Waals surface area contributed by atoms with E-state index in [1.807, 2.05) is 0 Å². The summed E-state index contributed by atoms with van der Waals surface area (Å²) in [5.74, 6) is 0. The van der Waals surface area contributed by atoms with E-state index in [0.29, 0.717) is 0 Å². The van der Waals surface area contributed by atoms with Crippen molar-refractivity contribution in [2.24, 2.45) is 0 Å². The first-order valence-electron chi connectivity index (χ1n) is 4.50. The van der Waals surface area contributed by atoms with Crippen molar-refractivity contribution in [3.63, 3.8) is 0 Å². The first-order valence-corrected chi connectivity index (χ1v) is 4.50. The Morgan fingerprint density at radius 2 is 0.917 bits per heavy atom. The van der Waals surface area contributed by atoms with Crippen LogP contribution in [0.4, 0.5) is 0 Å². The molecular weight excluding hydrogens is 141 g/mol. The highest BCUT2D eigenvalue weighted by Crippen LogP contribution is 2.04. The van der Waals surface area contributed by atoms with Gasteiger partial charge >= 0.3 is 0 Å². The van der Waals surface area contributed by atoms with Crippen molar-refractivity contribution in [3.8, 4) is 0 Å². The lowest BCUT2D eigenvalue weighted by molar-refractivity contribution is 1.31. The maximum Gasteiger partial charge on any atom is 0.138 e. The van der Waals surface area contributed by atoms with Crippen LogP contribution in [0.1, 0.15) is 16.7 Å². The largest absolute Gasteiger partial charge is 0.138 e. The van der Waals surface area contributed by atoms with Gasteiger partial charge in [0.2, 0.25) is 0 Å². The summed E-state index contributed by atoms with van der Waals surface area (Å²) < 4.78 is 0. The Kier molecular flexibility index (Phi) is 2.41. The summed E-state index contributed by atoms with van der Waals surface area (Å²) in [6.45, 7) is 6.64. The molecule has 0 nitrogen and oxygen atoms in total. The Balaban J connectivity index is 3.60. The SMILES string of the molecule is Bc1c(B)c(C)c(C)c(C)c1B. The summed E-state index contributed by atoms with van der Waals surface area (Å²) in [4.78, 5) is 0. The molecule has 12 heavy (non-hydrogen) atoms. The second-order valence-corrected chi connectivity index (χ2v) is 3.75. The standard InChI is InChI=1S/C9H15B3/c1-4-5(2)7(10)9(12)8(11)6(4)3/h10-12H2,1-3H3. The second-order valence-electron chi connectivity index (χ2n) is 3.75. The summed E-state index contributed by atoms with van der Waals surface area (Å²) >= 11 is 0. The fraction of sp³-hybridized carbons (Fsp3) is 0.333. The number of benzene rings is 1. The van der Waals surface area contributed by atoms with Crippen molar-refractivity contribution in [3.05, 3.63) is 16.7 Å². The van der Waals surface area contributed by atoms with E-state index < -0.39 is 0 Å². The van der Waals surface area contributed by atoms with E-state index in [1.54, 1.807) is 0 Å². The summed E-state index contributed by atoms with van der Waals surface area (Å²) in [6, 6.07) is 0. The van der Waals surface area contributed by atoms with E-state index in [-0.39, 0.29) is 0 Å². The predicted octanol–water partition coefficient (Wildman–Crippen LogP) is -2.61. The number of hydrogen-bond acceptors (Lipinski definition) is 0. The molecule has 0 fully saturated rings. The highest BCUT2D eigenvalue weighted by Gasteiger charge is 2.07. The molecule has 0 amide bonds. The van der Waals surface area contributed by atoms with Gasteiger partial charge in [-0.05, 0) is 26.3 Å². The van der Waals surface area contributed by atoms with Gasteiger partial charge in [0.15, 0.2) is 0 Å². The molecule has 0 saturated carbocycles. The lowest BCUT2D eigenvalue weighted by Gasteiger charge is -2.16. The fourth-order valence-electron chi connectivity index (χ4n) is 1.69. The minimum absolute atomic E-state index is 1.45. The Labute approximate surface area is 78.0 Å². The highest BCUT2D eigenvalue weighted by molar-refractivity contribution is 6.58. The van der Waals surface area contributed by atoms with Crippen molar-refractivity contribution in [2.45, 2.75) is 20.8 Å². The molecule has 3 heteroatoms. The number of hydrogen-bond donors (Lipinski definition) is 0. The van der Waals surface area contributed by atoms with Gasteiger partial charge in [-0.15, -0.1) is 5.46 Å². The molecule has 0 aliphatic carbocycles. The zero-order valence-electron chi connectivity index (χ0n) is 9.00. The molecule has 0 spiro atoms. The summed E-state index contributed by atoms with van der Waals surface area (Å²) in [5.41, 5.74) is 8.73. The summed E-state index contributed by atoms with van der Waals surface area (Å²) in [7, 11) is 6.64. The molecule has 1 rings (SSSR count). The topological polar surface area (TPSA) is 0 Å². The lowest BCUT2D eigenvalue weighted by Crippen LogP contribution is -2.42. The van der Waals surface area contributed by atoms with Crippen molar-refractivity contribution in [2.75, 3.05) is 0 Å². The Morgan fingerprint density at radius 1 is 0.583 bits per heavy atom. The fourth-order valence-corrected chi connectivity index (χ4v) is 1.69. The van der Waals surface area contributed by atoms with Crippen LogP contribution in [0.15, 0.2) is 0 Å². The van der Waals surface area contributed by atoms with Crippen LogP contribution in [0.2, 0.25) is 0 Å². The zero-order valence-corrected chi connectivity index (χ0v) is 9.00. The average Bonchev–Trinajstić information content (AvgIpc) is 2.08. The second kappa shape index (κ2) is 3.04. The Morgan fingerprint density at radius 3 is 1.25 bits per heavy atom.